The van der Waals surface area contributed by atoms with Gasteiger partial charge in [0.1, 0.15) is 17.3 Å². The summed E-state index contributed by atoms with van der Waals surface area (Å²) in [4.78, 5) is 66.0. The summed E-state index contributed by atoms with van der Waals surface area (Å²) in [5.74, 6) is -2.79. The van der Waals surface area contributed by atoms with E-state index in [0.717, 1.165) is 13.3 Å². The molecule has 0 heterocycles. The van der Waals surface area contributed by atoms with Gasteiger partial charge in [-0.2, -0.15) is 0 Å². The quantitative estimate of drug-likeness (QED) is 0.192. The number of carbonyl (C=O) groups is 5. The predicted octanol–water partition coefficient (Wildman–Crippen LogP) is 1.96. The molecule has 1 N–H and O–H groups in total. The van der Waals surface area contributed by atoms with Gasteiger partial charge in [0.2, 0.25) is 5.78 Å². The molecule has 2 unspecified atom stereocenters. The molecule has 0 rings (SSSR count). The van der Waals surface area contributed by atoms with E-state index in [1.165, 1.54) is 0 Å². The number of hydrogen-bond donors (Lipinski definition) is 1. The third kappa shape index (κ3) is 12.5. The topological polar surface area (TPSA) is 141 Å². The summed E-state index contributed by atoms with van der Waals surface area (Å²) < 4.78 is 19.1. The first-order valence-electron chi connectivity index (χ1n) is 8.27. The van der Waals surface area contributed by atoms with Gasteiger partial charge in [0.15, 0.2) is 0 Å². The molecule has 0 aromatic carbocycles. The van der Waals surface area contributed by atoms with E-state index in [2.05, 4.69) is 9.26 Å². The van der Waals surface area contributed by atoms with Gasteiger partial charge in [0.25, 0.3) is 6.29 Å². The summed E-state index contributed by atoms with van der Waals surface area (Å²) >= 11 is 0. The van der Waals surface area contributed by atoms with Crippen molar-refractivity contribution in [3.8, 4) is 0 Å². The third-order valence-corrected chi connectivity index (χ3v) is 3.74. The van der Waals surface area contributed by atoms with Crippen LogP contribution in [-0.4, -0.2) is 40.3 Å². The van der Waals surface area contributed by atoms with E-state index in [0.29, 0.717) is 6.42 Å². The molecular formula is C16H24O9P+. The molecule has 0 aliphatic heterocycles. The second-order valence-electron chi connectivity index (χ2n) is 5.61. The molecule has 0 fully saturated rings. The average molecular weight is 391 g/mol. The van der Waals surface area contributed by atoms with Crippen molar-refractivity contribution >= 4 is 37.4 Å². The van der Waals surface area contributed by atoms with Crippen LogP contribution in [0.25, 0.3) is 0 Å². The fourth-order valence-electron chi connectivity index (χ4n) is 1.93. The van der Waals surface area contributed by atoms with Crippen LogP contribution in [0.15, 0.2) is 0 Å². The van der Waals surface area contributed by atoms with Crippen molar-refractivity contribution in [2.75, 3.05) is 0 Å². The zero-order valence-electron chi connectivity index (χ0n) is 14.9. The lowest BCUT2D eigenvalue weighted by atomic mass is 10.0. The number of hydrogen-bond acceptors (Lipinski definition) is 8. The van der Waals surface area contributed by atoms with E-state index in [4.69, 9.17) is 4.89 Å². The molecule has 0 saturated heterocycles. The molecule has 2 atom stereocenters. The maximum absolute atomic E-state index is 11.7. The standard InChI is InChI=1S/C16H23O9P/c1-3-4-12(17)5-6-13(18)7-8-14(19)9-10-15(20)16(21)24-11(2)25-26(22)23/h11H,3-10H2,1-2H3/p+1. The molecule has 0 aromatic rings. The number of Topliss-reactive ketones (excluding diaryl/α,β-unsaturated/α-hetero) is 4. The highest BCUT2D eigenvalue weighted by molar-refractivity contribution is 7.32. The van der Waals surface area contributed by atoms with Crippen LogP contribution >= 0.6 is 8.25 Å². The lowest BCUT2D eigenvalue weighted by Crippen LogP contribution is -2.23. The Bertz CT molecular complexity index is 556. The van der Waals surface area contributed by atoms with Gasteiger partial charge >= 0.3 is 14.2 Å². The van der Waals surface area contributed by atoms with Gasteiger partial charge in [0, 0.05) is 56.4 Å². The maximum Gasteiger partial charge on any atom is 0.698 e. The van der Waals surface area contributed by atoms with E-state index < -0.39 is 32.7 Å². The van der Waals surface area contributed by atoms with Crippen molar-refractivity contribution in [2.45, 2.75) is 71.5 Å². The largest absolute Gasteiger partial charge is 0.698 e. The summed E-state index contributed by atoms with van der Waals surface area (Å²) in [6, 6.07) is 0. The molecule has 146 valence electrons. The second kappa shape index (κ2) is 13.4. The van der Waals surface area contributed by atoms with Gasteiger partial charge in [-0.15, -0.1) is 4.89 Å². The van der Waals surface area contributed by atoms with Gasteiger partial charge in [-0.05, 0) is 6.42 Å². The Labute approximate surface area is 152 Å². The van der Waals surface area contributed by atoms with E-state index in [1.807, 2.05) is 6.92 Å². The van der Waals surface area contributed by atoms with Gasteiger partial charge in [-0.3, -0.25) is 19.2 Å². The lowest BCUT2D eigenvalue weighted by Gasteiger charge is -2.06. The molecule has 0 aliphatic rings. The number of carbonyl (C=O) groups excluding carboxylic acids is 5. The van der Waals surface area contributed by atoms with Crippen molar-refractivity contribution in [3.63, 3.8) is 0 Å². The van der Waals surface area contributed by atoms with E-state index in [1.54, 1.807) is 0 Å². The lowest BCUT2D eigenvalue weighted by molar-refractivity contribution is -0.167. The monoisotopic (exact) mass is 391 g/mol. The van der Waals surface area contributed by atoms with Gasteiger partial charge in [0.05, 0.1) is 0 Å². The fraction of sp³-hybridized carbons (Fsp3) is 0.688. The Morgan fingerprint density at radius 2 is 1.27 bits per heavy atom. The van der Waals surface area contributed by atoms with Crippen LogP contribution in [-0.2, 0) is 37.8 Å². The van der Waals surface area contributed by atoms with E-state index in [9.17, 15) is 28.5 Å². The molecule has 0 aliphatic carbocycles. The molecule has 10 heteroatoms. The SMILES string of the molecule is CCCC(=O)CCC(=O)CCC(=O)CCC(=O)C(=O)OC(C)O[P+](=O)O. The molecule has 0 bridgehead atoms. The number of esters is 1. The molecule has 0 saturated carbocycles. The van der Waals surface area contributed by atoms with Crippen LogP contribution in [0.4, 0.5) is 0 Å². The normalized spacial score (nSPS) is 12.2. The van der Waals surface area contributed by atoms with Crippen LogP contribution in [0.1, 0.15) is 65.2 Å². The van der Waals surface area contributed by atoms with Crippen molar-refractivity contribution in [3.05, 3.63) is 0 Å². The highest BCUT2D eigenvalue weighted by atomic mass is 31.1. The van der Waals surface area contributed by atoms with Crippen molar-refractivity contribution in [1.82, 2.24) is 0 Å². The zero-order chi connectivity index (χ0) is 20.1. The van der Waals surface area contributed by atoms with Gasteiger partial charge in [-0.1, -0.05) is 11.4 Å². The molecule has 26 heavy (non-hydrogen) atoms. The number of ketones is 4. The van der Waals surface area contributed by atoms with Crippen molar-refractivity contribution in [2.24, 2.45) is 0 Å². The summed E-state index contributed by atoms with van der Waals surface area (Å²) in [5, 5.41) is 0. The van der Waals surface area contributed by atoms with E-state index >= 15 is 0 Å². The number of ether oxygens (including phenoxy) is 1. The Morgan fingerprint density at radius 1 is 0.846 bits per heavy atom. The van der Waals surface area contributed by atoms with Crippen LogP contribution in [0.2, 0.25) is 0 Å². The zero-order valence-corrected chi connectivity index (χ0v) is 15.8. The summed E-state index contributed by atoms with van der Waals surface area (Å²) in [7, 11) is -2.97. The van der Waals surface area contributed by atoms with Crippen molar-refractivity contribution in [1.29, 1.82) is 0 Å². The van der Waals surface area contributed by atoms with Crippen LogP contribution in [0, 0.1) is 0 Å². The molecule has 9 nitrogen and oxygen atoms in total. The molecular weight excluding hydrogens is 367 g/mol. The first kappa shape index (κ1) is 24.2. The van der Waals surface area contributed by atoms with Gasteiger partial charge in [-0.25, -0.2) is 4.79 Å². The minimum Gasteiger partial charge on any atom is -0.425 e. The molecule has 0 radical (unpaired) electrons. The summed E-state index contributed by atoms with van der Waals surface area (Å²) in [6.45, 7) is 3.04. The first-order valence-corrected chi connectivity index (χ1v) is 9.40. The first-order chi connectivity index (χ1) is 12.1. The summed E-state index contributed by atoms with van der Waals surface area (Å²) in [5.41, 5.74) is 0. The maximum atomic E-state index is 11.7. The van der Waals surface area contributed by atoms with Crippen LogP contribution < -0.4 is 0 Å². The smallest absolute Gasteiger partial charge is 0.425 e. The Balaban J connectivity index is 4.01. The van der Waals surface area contributed by atoms with E-state index in [-0.39, 0.29) is 49.5 Å². The highest BCUT2D eigenvalue weighted by Crippen LogP contribution is 2.18. The third-order valence-electron chi connectivity index (χ3n) is 3.26. The minimum atomic E-state index is -2.97. The predicted molar refractivity (Wildman–Crippen MR) is 89.1 cm³/mol. The second-order valence-corrected chi connectivity index (χ2v) is 6.29. The Morgan fingerprint density at radius 3 is 1.69 bits per heavy atom. The van der Waals surface area contributed by atoms with Crippen molar-refractivity contribution < 1.29 is 42.7 Å². The molecule has 0 aromatic heterocycles. The minimum absolute atomic E-state index is 0.00863. The fourth-order valence-corrected chi connectivity index (χ4v) is 2.23. The Kier molecular flexibility index (Phi) is 12.4. The van der Waals surface area contributed by atoms with Crippen LogP contribution in [0.3, 0.4) is 0 Å². The molecule has 0 spiro atoms. The summed E-state index contributed by atoms with van der Waals surface area (Å²) in [6.07, 6.45) is -0.623. The molecule has 0 amide bonds. The Hall–Kier alpha value is -1.83. The van der Waals surface area contributed by atoms with Gasteiger partial charge < -0.3 is 4.74 Å². The average Bonchev–Trinajstić information content (AvgIpc) is 2.55. The number of rotatable bonds is 15. The van der Waals surface area contributed by atoms with Crippen LogP contribution in [0.5, 0.6) is 0 Å². The highest BCUT2D eigenvalue weighted by Gasteiger charge is 2.25.